The molecule has 2 aliphatic heterocycles. The molecular formula is C8H10F3NO2. The largest absolute Gasteiger partial charge is 0.471 e. The molecule has 6 heteroatoms. The molecule has 2 aliphatic rings. The highest BCUT2D eigenvalue weighted by atomic mass is 19.4. The van der Waals surface area contributed by atoms with E-state index >= 15 is 0 Å². The van der Waals surface area contributed by atoms with Gasteiger partial charge in [0.05, 0.1) is 24.8 Å². The first-order chi connectivity index (χ1) is 6.32. The zero-order valence-corrected chi connectivity index (χ0v) is 7.60. The fourth-order valence-electron chi connectivity index (χ4n) is 2.11. The molecule has 2 saturated heterocycles. The lowest BCUT2D eigenvalue weighted by Gasteiger charge is -2.30. The summed E-state index contributed by atoms with van der Waals surface area (Å²) in [7, 11) is 0. The molecule has 0 aromatic heterocycles. The first-order valence-electron chi connectivity index (χ1n) is 4.34. The van der Waals surface area contributed by atoms with E-state index in [-0.39, 0.29) is 13.2 Å². The number of likely N-dealkylation sites (tertiary alicyclic amines) is 1. The number of ether oxygens (including phenoxy) is 1. The molecule has 0 saturated carbocycles. The number of fused-ring (bicyclic) bond motifs is 2. The molecule has 1 amide bonds. The molecule has 0 radical (unpaired) electrons. The fraction of sp³-hybridized carbons (Fsp3) is 0.875. The second-order valence-corrected chi connectivity index (χ2v) is 4.05. The average molecular weight is 209 g/mol. The number of carbonyl (C=O) groups excluding carboxylic acids is 1. The van der Waals surface area contributed by atoms with Gasteiger partial charge in [-0.25, -0.2) is 0 Å². The van der Waals surface area contributed by atoms with Crippen molar-refractivity contribution in [3.05, 3.63) is 0 Å². The lowest BCUT2D eigenvalue weighted by molar-refractivity contribution is -0.190. The van der Waals surface area contributed by atoms with E-state index in [0.29, 0.717) is 6.42 Å². The highest BCUT2D eigenvalue weighted by Crippen LogP contribution is 2.38. The van der Waals surface area contributed by atoms with Crippen LogP contribution in [0.4, 0.5) is 13.2 Å². The van der Waals surface area contributed by atoms with Crippen molar-refractivity contribution in [3.63, 3.8) is 0 Å². The maximum Gasteiger partial charge on any atom is 0.471 e. The summed E-state index contributed by atoms with van der Waals surface area (Å²) in [6.07, 6.45) is -4.25. The van der Waals surface area contributed by atoms with Gasteiger partial charge in [0.25, 0.3) is 0 Å². The third-order valence-corrected chi connectivity index (χ3v) is 2.74. The highest BCUT2D eigenvalue weighted by Gasteiger charge is 2.55. The Hall–Kier alpha value is -0.780. The summed E-state index contributed by atoms with van der Waals surface area (Å²) in [5.74, 6) is -1.74. The van der Waals surface area contributed by atoms with Crippen LogP contribution in [0.5, 0.6) is 0 Å². The van der Waals surface area contributed by atoms with Crippen LogP contribution in [0.15, 0.2) is 0 Å². The smallest absolute Gasteiger partial charge is 0.371 e. The molecule has 0 aliphatic carbocycles. The number of nitrogens with zero attached hydrogens (tertiary/aromatic N) is 1. The number of carbonyl (C=O) groups is 1. The number of morpholine rings is 1. The minimum atomic E-state index is -4.76. The summed E-state index contributed by atoms with van der Waals surface area (Å²) < 4.78 is 41.6. The van der Waals surface area contributed by atoms with Gasteiger partial charge in [0.2, 0.25) is 0 Å². The molecular weight excluding hydrogens is 199 g/mol. The molecule has 0 aromatic rings. The maximum absolute atomic E-state index is 12.1. The number of hydrogen-bond acceptors (Lipinski definition) is 2. The Morgan fingerprint density at radius 2 is 2.21 bits per heavy atom. The molecule has 0 N–H and O–H groups in total. The second-order valence-electron chi connectivity index (χ2n) is 4.05. The van der Waals surface area contributed by atoms with Crippen molar-refractivity contribution in [2.24, 2.45) is 0 Å². The van der Waals surface area contributed by atoms with Gasteiger partial charge in [0.1, 0.15) is 0 Å². The zero-order chi connectivity index (χ0) is 10.6. The van der Waals surface area contributed by atoms with Gasteiger partial charge >= 0.3 is 12.1 Å². The summed E-state index contributed by atoms with van der Waals surface area (Å²) in [6, 6.07) is -0.394. The molecule has 2 heterocycles. The van der Waals surface area contributed by atoms with E-state index in [2.05, 4.69) is 0 Å². The topological polar surface area (TPSA) is 29.5 Å². The van der Waals surface area contributed by atoms with Crippen LogP contribution < -0.4 is 0 Å². The lowest BCUT2D eigenvalue weighted by Crippen LogP contribution is -2.49. The van der Waals surface area contributed by atoms with Crippen molar-refractivity contribution in [1.82, 2.24) is 4.90 Å². The minimum Gasteiger partial charge on any atom is -0.371 e. The third-order valence-electron chi connectivity index (χ3n) is 2.74. The van der Waals surface area contributed by atoms with Crippen LogP contribution in [-0.2, 0) is 9.53 Å². The molecule has 3 nitrogen and oxygen atoms in total. The van der Waals surface area contributed by atoms with Crippen LogP contribution in [0.25, 0.3) is 0 Å². The highest BCUT2D eigenvalue weighted by molar-refractivity contribution is 5.82. The summed E-state index contributed by atoms with van der Waals surface area (Å²) in [6.45, 7) is 2.00. The van der Waals surface area contributed by atoms with Crippen LogP contribution in [0, 0.1) is 0 Å². The average Bonchev–Trinajstić information content (AvgIpc) is 2.55. The zero-order valence-electron chi connectivity index (χ0n) is 7.60. The summed E-state index contributed by atoms with van der Waals surface area (Å²) >= 11 is 0. The van der Waals surface area contributed by atoms with Crippen molar-refractivity contribution in [1.29, 1.82) is 0 Å². The molecule has 0 spiro atoms. The summed E-state index contributed by atoms with van der Waals surface area (Å²) in [5, 5.41) is 0. The first-order valence-corrected chi connectivity index (χ1v) is 4.34. The van der Waals surface area contributed by atoms with Crippen molar-refractivity contribution in [2.45, 2.75) is 31.2 Å². The van der Waals surface area contributed by atoms with E-state index in [1.807, 2.05) is 0 Å². The fourth-order valence-corrected chi connectivity index (χ4v) is 2.11. The Kier molecular flexibility index (Phi) is 1.83. The van der Waals surface area contributed by atoms with Gasteiger partial charge < -0.3 is 9.64 Å². The monoisotopic (exact) mass is 209 g/mol. The number of alkyl halides is 3. The molecule has 2 atom stereocenters. The van der Waals surface area contributed by atoms with Crippen LogP contribution in [-0.4, -0.2) is 41.8 Å². The van der Waals surface area contributed by atoms with E-state index in [1.165, 1.54) is 0 Å². The lowest BCUT2D eigenvalue weighted by atomic mass is 10.1. The summed E-state index contributed by atoms with van der Waals surface area (Å²) in [5.41, 5.74) is -0.564. The molecule has 80 valence electrons. The Morgan fingerprint density at radius 3 is 2.57 bits per heavy atom. The number of hydrogen-bond donors (Lipinski definition) is 0. The van der Waals surface area contributed by atoms with E-state index in [9.17, 15) is 18.0 Å². The number of rotatable bonds is 0. The minimum absolute atomic E-state index is 0.0516. The van der Waals surface area contributed by atoms with Crippen molar-refractivity contribution in [2.75, 3.05) is 13.2 Å². The van der Waals surface area contributed by atoms with E-state index in [1.54, 1.807) is 6.92 Å². The van der Waals surface area contributed by atoms with Gasteiger partial charge in [0, 0.05) is 6.42 Å². The maximum atomic E-state index is 12.1. The molecule has 14 heavy (non-hydrogen) atoms. The van der Waals surface area contributed by atoms with Crippen molar-refractivity contribution < 1.29 is 22.7 Å². The first kappa shape index (κ1) is 9.76. The molecule has 0 aromatic carbocycles. The van der Waals surface area contributed by atoms with Crippen LogP contribution in [0.1, 0.15) is 13.3 Å². The van der Waals surface area contributed by atoms with Gasteiger partial charge in [0.15, 0.2) is 0 Å². The number of halogens is 3. The van der Waals surface area contributed by atoms with Crippen LogP contribution >= 0.6 is 0 Å². The molecule has 2 unspecified atom stereocenters. The molecule has 2 rings (SSSR count). The Balaban J connectivity index is 2.13. The van der Waals surface area contributed by atoms with E-state index < -0.39 is 23.7 Å². The Labute approximate surface area is 78.8 Å². The SMILES string of the molecule is CC12CC(CO1)N(C(=O)C(F)(F)F)C2. The van der Waals surface area contributed by atoms with Gasteiger partial charge in [-0.05, 0) is 6.92 Å². The van der Waals surface area contributed by atoms with Crippen molar-refractivity contribution in [3.8, 4) is 0 Å². The van der Waals surface area contributed by atoms with Gasteiger partial charge in [-0.3, -0.25) is 4.79 Å². The van der Waals surface area contributed by atoms with E-state index in [0.717, 1.165) is 4.90 Å². The van der Waals surface area contributed by atoms with Crippen LogP contribution in [0.3, 0.4) is 0 Å². The van der Waals surface area contributed by atoms with Gasteiger partial charge in [-0.15, -0.1) is 0 Å². The number of amides is 1. The second kappa shape index (κ2) is 2.62. The Morgan fingerprint density at radius 1 is 1.57 bits per heavy atom. The third kappa shape index (κ3) is 1.37. The van der Waals surface area contributed by atoms with Crippen molar-refractivity contribution >= 4 is 5.91 Å². The molecule has 2 bridgehead atoms. The predicted octanol–water partition coefficient (Wildman–Crippen LogP) is 0.939. The quantitative estimate of drug-likeness (QED) is 0.594. The molecule has 2 fully saturated rings. The normalized spacial score (nSPS) is 36.6. The van der Waals surface area contributed by atoms with E-state index in [4.69, 9.17) is 4.74 Å². The van der Waals surface area contributed by atoms with Gasteiger partial charge in [-0.2, -0.15) is 13.2 Å². The standard InChI is InChI=1S/C8H10F3NO2/c1-7-2-5(3-14-7)12(4-7)6(13)8(9,10)11/h5H,2-4H2,1H3. The van der Waals surface area contributed by atoms with Crippen LogP contribution in [0.2, 0.25) is 0 Å². The Bertz CT molecular complexity index is 278. The van der Waals surface area contributed by atoms with Gasteiger partial charge in [-0.1, -0.05) is 0 Å². The predicted molar refractivity (Wildman–Crippen MR) is 40.5 cm³/mol. The summed E-state index contributed by atoms with van der Waals surface area (Å²) in [4.78, 5) is 11.8.